The molecule has 2 rings (SSSR count). The lowest BCUT2D eigenvalue weighted by Crippen LogP contribution is -2.10. The van der Waals surface area contributed by atoms with Gasteiger partial charge in [-0.1, -0.05) is 37.3 Å². The molecule has 1 heterocycles. The summed E-state index contributed by atoms with van der Waals surface area (Å²) < 4.78 is 28.3. The van der Waals surface area contributed by atoms with Crippen molar-refractivity contribution >= 4 is 32.2 Å². The summed E-state index contributed by atoms with van der Waals surface area (Å²) in [6.07, 6.45) is 0.551. The zero-order valence-electron chi connectivity index (χ0n) is 11.2. The highest BCUT2D eigenvalue weighted by atomic mass is 32.2. The fourth-order valence-corrected chi connectivity index (χ4v) is 4.47. The quantitative estimate of drug-likeness (QED) is 0.856. The highest BCUT2D eigenvalue weighted by Crippen LogP contribution is 2.32. The molecule has 0 amide bonds. The van der Waals surface area contributed by atoms with Crippen LogP contribution < -0.4 is 11.1 Å². The Kier molecular flexibility index (Phi) is 4.61. The molecule has 2 aromatic rings. The van der Waals surface area contributed by atoms with Gasteiger partial charge in [0, 0.05) is 6.54 Å². The van der Waals surface area contributed by atoms with Gasteiger partial charge in [0.05, 0.1) is 5.75 Å². The monoisotopic (exact) mass is 311 g/mol. The zero-order valence-corrected chi connectivity index (χ0v) is 12.8. The van der Waals surface area contributed by atoms with Crippen LogP contribution in [0.2, 0.25) is 0 Å². The number of nitrogen functional groups attached to an aromatic ring is 1. The number of aromatic nitrogens is 1. The summed E-state index contributed by atoms with van der Waals surface area (Å²) in [6, 6.07) is 9.75. The summed E-state index contributed by atoms with van der Waals surface area (Å²) >= 11 is 1.08. The van der Waals surface area contributed by atoms with E-state index in [-0.39, 0.29) is 16.5 Å². The lowest BCUT2D eigenvalue weighted by molar-refractivity contribution is 0.595. The minimum atomic E-state index is -3.37. The Hall–Kier alpha value is -1.60. The van der Waals surface area contributed by atoms with Crippen LogP contribution in [-0.2, 0) is 16.4 Å². The fourth-order valence-electron chi connectivity index (χ4n) is 1.86. The fraction of sp³-hybridized carbons (Fsp3) is 0.308. The largest absolute Gasteiger partial charge is 0.382 e. The normalized spacial score (nSPS) is 11.4. The van der Waals surface area contributed by atoms with E-state index in [1.54, 1.807) is 0 Å². The summed E-state index contributed by atoms with van der Waals surface area (Å²) in [4.78, 5) is 0.139. The standard InChI is InChI=1S/C13H17N3O2S2/c1-2-8-20(17,18)11-12(14)16-19-13(11)15-9-10-6-4-3-5-7-10/h3-7,15H,2,8-9H2,1H3,(H2,14,16). The van der Waals surface area contributed by atoms with Gasteiger partial charge < -0.3 is 11.1 Å². The van der Waals surface area contributed by atoms with Crippen molar-refractivity contribution in [3.63, 3.8) is 0 Å². The molecule has 0 unspecified atom stereocenters. The summed E-state index contributed by atoms with van der Waals surface area (Å²) in [5, 5.41) is 3.63. The van der Waals surface area contributed by atoms with Gasteiger partial charge in [-0.2, -0.15) is 4.37 Å². The second kappa shape index (κ2) is 6.23. The molecule has 0 saturated heterocycles. The Morgan fingerprint density at radius 2 is 2.00 bits per heavy atom. The third kappa shape index (κ3) is 3.29. The number of benzene rings is 1. The minimum absolute atomic E-state index is 0.0790. The molecule has 1 aromatic heterocycles. The Morgan fingerprint density at radius 3 is 2.65 bits per heavy atom. The molecule has 0 bridgehead atoms. The van der Waals surface area contributed by atoms with Crippen LogP contribution in [0.25, 0.3) is 0 Å². The number of hydrogen-bond donors (Lipinski definition) is 2. The van der Waals surface area contributed by atoms with Crippen molar-refractivity contribution in [3.8, 4) is 0 Å². The van der Waals surface area contributed by atoms with Gasteiger partial charge in [0.2, 0.25) is 0 Å². The molecule has 0 saturated carbocycles. The lowest BCUT2D eigenvalue weighted by Gasteiger charge is -2.07. The molecule has 1 aromatic carbocycles. The van der Waals surface area contributed by atoms with Crippen LogP contribution in [0.3, 0.4) is 0 Å². The molecule has 5 nitrogen and oxygen atoms in total. The molecule has 3 N–H and O–H groups in total. The number of nitrogens with zero attached hydrogens (tertiary/aromatic N) is 1. The first-order valence-corrected chi connectivity index (χ1v) is 8.73. The second-order valence-corrected chi connectivity index (χ2v) is 7.20. The number of nitrogens with two attached hydrogens (primary N) is 1. The molecule has 0 fully saturated rings. The number of sulfone groups is 1. The van der Waals surface area contributed by atoms with Crippen molar-refractivity contribution in [3.05, 3.63) is 35.9 Å². The van der Waals surface area contributed by atoms with E-state index in [1.165, 1.54) is 0 Å². The number of rotatable bonds is 6. The molecule has 0 spiro atoms. The van der Waals surface area contributed by atoms with Crippen molar-refractivity contribution in [2.45, 2.75) is 24.8 Å². The number of nitrogens with one attached hydrogen (secondary N) is 1. The summed E-state index contributed by atoms with van der Waals surface area (Å²) in [5.41, 5.74) is 6.77. The predicted octanol–water partition coefficient (Wildman–Crippen LogP) is 2.52. The van der Waals surface area contributed by atoms with Gasteiger partial charge in [0.1, 0.15) is 9.90 Å². The van der Waals surface area contributed by atoms with Gasteiger partial charge in [-0.15, -0.1) is 0 Å². The molecular formula is C13H17N3O2S2. The van der Waals surface area contributed by atoms with Gasteiger partial charge >= 0.3 is 0 Å². The van der Waals surface area contributed by atoms with E-state index in [9.17, 15) is 8.42 Å². The molecule has 108 valence electrons. The van der Waals surface area contributed by atoms with Crippen LogP contribution in [0.4, 0.5) is 10.8 Å². The molecular weight excluding hydrogens is 294 g/mol. The van der Waals surface area contributed by atoms with E-state index in [0.717, 1.165) is 17.1 Å². The van der Waals surface area contributed by atoms with Crippen molar-refractivity contribution in [2.24, 2.45) is 0 Å². The summed E-state index contributed by atoms with van der Waals surface area (Å²) in [7, 11) is -3.37. The number of hydrogen-bond acceptors (Lipinski definition) is 6. The van der Waals surface area contributed by atoms with Crippen molar-refractivity contribution in [1.29, 1.82) is 0 Å². The maximum Gasteiger partial charge on any atom is 0.185 e. The SMILES string of the molecule is CCCS(=O)(=O)c1c(N)nsc1NCc1ccccc1. The molecule has 0 aliphatic rings. The first-order valence-electron chi connectivity index (χ1n) is 6.30. The van der Waals surface area contributed by atoms with E-state index in [2.05, 4.69) is 9.69 Å². The first kappa shape index (κ1) is 14.8. The molecule has 0 aliphatic heterocycles. The lowest BCUT2D eigenvalue weighted by atomic mass is 10.2. The van der Waals surface area contributed by atoms with E-state index in [4.69, 9.17) is 5.73 Å². The second-order valence-electron chi connectivity index (χ2n) is 4.38. The van der Waals surface area contributed by atoms with E-state index < -0.39 is 9.84 Å². The van der Waals surface area contributed by atoms with Crippen LogP contribution >= 0.6 is 11.5 Å². The smallest absolute Gasteiger partial charge is 0.185 e. The van der Waals surface area contributed by atoms with Crippen LogP contribution in [-0.4, -0.2) is 18.5 Å². The Bertz CT molecular complexity index is 666. The first-order chi connectivity index (χ1) is 9.54. The van der Waals surface area contributed by atoms with Crippen molar-refractivity contribution < 1.29 is 8.42 Å². The third-order valence-corrected chi connectivity index (χ3v) is 5.68. The summed E-state index contributed by atoms with van der Waals surface area (Å²) in [6.45, 7) is 2.36. The van der Waals surface area contributed by atoms with Gasteiger partial charge in [-0.3, -0.25) is 0 Å². The molecule has 7 heteroatoms. The van der Waals surface area contributed by atoms with Crippen LogP contribution in [0.15, 0.2) is 35.2 Å². The molecule has 20 heavy (non-hydrogen) atoms. The Balaban J connectivity index is 2.22. The third-order valence-electron chi connectivity index (χ3n) is 2.75. The molecule has 0 aliphatic carbocycles. The maximum atomic E-state index is 12.2. The van der Waals surface area contributed by atoms with Crippen molar-refractivity contribution in [1.82, 2.24) is 4.37 Å². The predicted molar refractivity (Wildman–Crippen MR) is 82.6 cm³/mol. The average Bonchev–Trinajstić information content (AvgIpc) is 2.79. The van der Waals surface area contributed by atoms with Crippen LogP contribution in [0, 0.1) is 0 Å². The Labute approximate surface area is 122 Å². The number of anilines is 2. The maximum absolute atomic E-state index is 12.2. The van der Waals surface area contributed by atoms with Crippen LogP contribution in [0.1, 0.15) is 18.9 Å². The van der Waals surface area contributed by atoms with Crippen molar-refractivity contribution in [2.75, 3.05) is 16.8 Å². The van der Waals surface area contributed by atoms with Crippen LogP contribution in [0.5, 0.6) is 0 Å². The van der Waals surface area contributed by atoms with Gasteiger partial charge in [0.15, 0.2) is 15.7 Å². The zero-order chi connectivity index (χ0) is 14.6. The van der Waals surface area contributed by atoms with E-state index >= 15 is 0 Å². The molecule has 0 atom stereocenters. The highest BCUT2D eigenvalue weighted by molar-refractivity contribution is 7.91. The Morgan fingerprint density at radius 1 is 1.30 bits per heavy atom. The van der Waals surface area contributed by atoms with Gasteiger partial charge in [-0.05, 0) is 23.5 Å². The van der Waals surface area contributed by atoms with E-state index in [1.807, 2.05) is 37.3 Å². The van der Waals surface area contributed by atoms with Gasteiger partial charge in [0.25, 0.3) is 0 Å². The minimum Gasteiger partial charge on any atom is -0.382 e. The topological polar surface area (TPSA) is 85.1 Å². The van der Waals surface area contributed by atoms with Gasteiger partial charge in [-0.25, -0.2) is 8.42 Å². The average molecular weight is 311 g/mol. The highest BCUT2D eigenvalue weighted by Gasteiger charge is 2.24. The summed E-state index contributed by atoms with van der Waals surface area (Å²) in [5.74, 6) is 0.161. The molecule has 0 radical (unpaired) electrons. The van der Waals surface area contributed by atoms with E-state index in [0.29, 0.717) is 18.0 Å².